The fraction of sp³-hybridized carbons (Fsp3) is 0. The molecule has 0 bridgehead atoms. The van der Waals surface area contributed by atoms with E-state index in [0.717, 1.165) is 21.5 Å². The number of fused-ring (bicyclic) bond motifs is 2. The van der Waals surface area contributed by atoms with E-state index in [1.165, 1.54) is 0 Å². The Bertz CT molecular complexity index is 719. The van der Waals surface area contributed by atoms with Gasteiger partial charge < -0.3 is 0 Å². The van der Waals surface area contributed by atoms with Crippen LogP contribution in [0, 0.1) is 22.7 Å². The molecular formula is C16H8N2. The maximum Gasteiger partial charge on any atom is 0.100 e. The minimum absolute atomic E-state index is 0.639. The fourth-order valence-electron chi connectivity index (χ4n) is 2.37. The van der Waals surface area contributed by atoms with E-state index in [1.54, 1.807) is 0 Å². The van der Waals surface area contributed by atoms with Gasteiger partial charge in [-0.1, -0.05) is 48.5 Å². The van der Waals surface area contributed by atoms with Gasteiger partial charge in [0.05, 0.1) is 11.1 Å². The first kappa shape index (κ1) is 10.3. The summed E-state index contributed by atoms with van der Waals surface area (Å²) in [5, 5.41) is 22.1. The molecule has 0 aromatic heterocycles. The number of benzene rings is 3. The molecular weight excluding hydrogens is 220 g/mol. The van der Waals surface area contributed by atoms with Crippen LogP contribution in [0.2, 0.25) is 0 Å². The summed E-state index contributed by atoms with van der Waals surface area (Å²) in [5.74, 6) is 0. The Kier molecular flexibility index (Phi) is 2.22. The van der Waals surface area contributed by atoms with Crippen molar-refractivity contribution in [1.29, 1.82) is 10.5 Å². The van der Waals surface area contributed by atoms with E-state index in [2.05, 4.69) is 12.1 Å². The van der Waals surface area contributed by atoms with Crippen LogP contribution in [0.5, 0.6) is 0 Å². The van der Waals surface area contributed by atoms with Gasteiger partial charge in [0.25, 0.3) is 0 Å². The Morgan fingerprint density at radius 2 is 0.833 bits per heavy atom. The minimum atomic E-state index is 0.639. The second-order valence-electron chi connectivity index (χ2n) is 4.06. The van der Waals surface area contributed by atoms with Crippen LogP contribution in [-0.2, 0) is 0 Å². The van der Waals surface area contributed by atoms with E-state index in [9.17, 15) is 10.5 Å². The molecule has 0 amide bonds. The molecule has 0 aliphatic heterocycles. The monoisotopic (exact) mass is 228 g/mol. The predicted molar refractivity (Wildman–Crippen MR) is 70.9 cm³/mol. The van der Waals surface area contributed by atoms with E-state index in [4.69, 9.17) is 0 Å². The van der Waals surface area contributed by atoms with Crippen molar-refractivity contribution in [1.82, 2.24) is 0 Å². The van der Waals surface area contributed by atoms with Crippen molar-refractivity contribution in [3.05, 3.63) is 59.7 Å². The molecule has 0 aliphatic rings. The van der Waals surface area contributed by atoms with E-state index in [1.807, 2.05) is 48.5 Å². The van der Waals surface area contributed by atoms with E-state index >= 15 is 0 Å². The normalized spacial score (nSPS) is 10.1. The molecule has 0 fully saturated rings. The van der Waals surface area contributed by atoms with Crippen LogP contribution in [0.4, 0.5) is 0 Å². The third-order valence-corrected chi connectivity index (χ3v) is 3.16. The van der Waals surface area contributed by atoms with Crippen molar-refractivity contribution >= 4 is 21.5 Å². The molecule has 2 nitrogen and oxygen atoms in total. The minimum Gasteiger partial charge on any atom is -0.192 e. The summed E-state index contributed by atoms with van der Waals surface area (Å²) in [6.07, 6.45) is 0. The van der Waals surface area contributed by atoms with Crippen LogP contribution < -0.4 is 0 Å². The zero-order valence-electron chi connectivity index (χ0n) is 9.51. The van der Waals surface area contributed by atoms with Gasteiger partial charge in [-0.3, -0.25) is 0 Å². The standard InChI is InChI=1S/C16H8N2/c17-9-15-11-5-1-2-6-12(11)16(10-18)14-8-4-3-7-13(14)15/h1-8H. The molecule has 0 saturated carbocycles. The molecule has 82 valence electrons. The highest BCUT2D eigenvalue weighted by molar-refractivity contribution is 6.09. The molecule has 0 heterocycles. The second kappa shape index (κ2) is 3.87. The quantitative estimate of drug-likeness (QED) is 0.550. The van der Waals surface area contributed by atoms with E-state index in [-0.39, 0.29) is 0 Å². The van der Waals surface area contributed by atoms with Crippen molar-refractivity contribution in [2.75, 3.05) is 0 Å². The lowest BCUT2D eigenvalue weighted by Crippen LogP contribution is -1.89. The molecule has 3 aromatic carbocycles. The van der Waals surface area contributed by atoms with Gasteiger partial charge in [-0.05, 0) is 0 Å². The van der Waals surface area contributed by atoms with Gasteiger partial charge in [0.1, 0.15) is 12.1 Å². The molecule has 0 N–H and O–H groups in total. The van der Waals surface area contributed by atoms with E-state index in [0.29, 0.717) is 11.1 Å². The highest BCUT2D eigenvalue weighted by Crippen LogP contribution is 2.31. The predicted octanol–water partition coefficient (Wildman–Crippen LogP) is 3.74. The number of rotatable bonds is 0. The Morgan fingerprint density at radius 3 is 1.06 bits per heavy atom. The average molecular weight is 228 g/mol. The molecule has 3 aromatic rings. The second-order valence-corrected chi connectivity index (χ2v) is 4.06. The fourth-order valence-corrected chi connectivity index (χ4v) is 2.37. The summed E-state index contributed by atoms with van der Waals surface area (Å²) in [4.78, 5) is 0. The SMILES string of the molecule is N#Cc1c2ccccc2c(C#N)c2ccccc12. The number of nitriles is 2. The van der Waals surface area contributed by atoms with Gasteiger partial charge in [-0.15, -0.1) is 0 Å². The van der Waals surface area contributed by atoms with Gasteiger partial charge in [0, 0.05) is 21.5 Å². The topological polar surface area (TPSA) is 47.6 Å². The number of hydrogen-bond donors (Lipinski definition) is 0. The first-order chi connectivity index (χ1) is 8.86. The smallest absolute Gasteiger partial charge is 0.100 e. The molecule has 0 aliphatic carbocycles. The number of hydrogen-bond acceptors (Lipinski definition) is 2. The van der Waals surface area contributed by atoms with Gasteiger partial charge in [-0.25, -0.2) is 0 Å². The first-order valence-corrected chi connectivity index (χ1v) is 5.60. The summed E-state index contributed by atoms with van der Waals surface area (Å²) >= 11 is 0. The molecule has 0 spiro atoms. The zero-order chi connectivity index (χ0) is 12.5. The zero-order valence-corrected chi connectivity index (χ0v) is 9.51. The molecule has 18 heavy (non-hydrogen) atoms. The Hall–Kier alpha value is -2.84. The van der Waals surface area contributed by atoms with Gasteiger partial charge >= 0.3 is 0 Å². The summed E-state index contributed by atoms with van der Waals surface area (Å²) in [6.45, 7) is 0. The van der Waals surface area contributed by atoms with Crippen molar-refractivity contribution in [3.8, 4) is 12.1 Å². The van der Waals surface area contributed by atoms with Crippen LogP contribution in [0.1, 0.15) is 11.1 Å². The van der Waals surface area contributed by atoms with Crippen molar-refractivity contribution in [2.45, 2.75) is 0 Å². The summed E-state index contributed by atoms with van der Waals surface area (Å²) in [5.41, 5.74) is 1.28. The first-order valence-electron chi connectivity index (χ1n) is 5.60. The van der Waals surface area contributed by atoms with Crippen molar-refractivity contribution < 1.29 is 0 Å². The average Bonchev–Trinajstić information content (AvgIpc) is 2.44. The Labute approximate surface area is 104 Å². The lowest BCUT2D eigenvalue weighted by Gasteiger charge is -2.08. The van der Waals surface area contributed by atoms with Crippen LogP contribution in [0.25, 0.3) is 21.5 Å². The lowest BCUT2D eigenvalue weighted by atomic mass is 9.93. The van der Waals surface area contributed by atoms with Crippen molar-refractivity contribution in [3.63, 3.8) is 0 Å². The third-order valence-electron chi connectivity index (χ3n) is 3.16. The van der Waals surface area contributed by atoms with Gasteiger partial charge in [0.2, 0.25) is 0 Å². The van der Waals surface area contributed by atoms with Gasteiger partial charge in [-0.2, -0.15) is 10.5 Å². The van der Waals surface area contributed by atoms with Crippen LogP contribution >= 0.6 is 0 Å². The van der Waals surface area contributed by atoms with E-state index < -0.39 is 0 Å². The molecule has 0 radical (unpaired) electrons. The lowest BCUT2D eigenvalue weighted by molar-refractivity contribution is 1.50. The van der Waals surface area contributed by atoms with Crippen LogP contribution in [0.3, 0.4) is 0 Å². The number of nitrogens with zero attached hydrogens (tertiary/aromatic N) is 2. The maximum absolute atomic E-state index is 9.36. The molecule has 2 heteroatoms. The highest BCUT2D eigenvalue weighted by atomic mass is 14.3. The van der Waals surface area contributed by atoms with Crippen LogP contribution in [-0.4, -0.2) is 0 Å². The van der Waals surface area contributed by atoms with Gasteiger partial charge in [0.15, 0.2) is 0 Å². The largest absolute Gasteiger partial charge is 0.192 e. The van der Waals surface area contributed by atoms with Crippen LogP contribution in [0.15, 0.2) is 48.5 Å². The molecule has 0 saturated heterocycles. The Balaban J connectivity index is 2.73. The molecule has 0 atom stereocenters. The maximum atomic E-state index is 9.36. The summed E-state index contributed by atoms with van der Waals surface area (Å²) < 4.78 is 0. The third kappa shape index (κ3) is 1.27. The molecule has 0 unspecified atom stereocenters. The summed E-state index contributed by atoms with van der Waals surface area (Å²) in [7, 11) is 0. The highest BCUT2D eigenvalue weighted by Gasteiger charge is 2.12. The summed E-state index contributed by atoms with van der Waals surface area (Å²) in [6, 6.07) is 19.6. The van der Waals surface area contributed by atoms with Crippen molar-refractivity contribution in [2.24, 2.45) is 0 Å². The molecule has 3 rings (SSSR count). The Morgan fingerprint density at radius 1 is 0.556 bits per heavy atom.